The summed E-state index contributed by atoms with van der Waals surface area (Å²) in [6.07, 6.45) is 1.25. The fourth-order valence-electron chi connectivity index (χ4n) is 0.442. The number of H-pyrrole nitrogens is 1. The van der Waals surface area contributed by atoms with Crippen LogP contribution in [0.1, 0.15) is 5.56 Å². The molecule has 0 atom stereocenters. The highest BCUT2D eigenvalue weighted by Crippen LogP contribution is 1.86. The summed E-state index contributed by atoms with van der Waals surface area (Å²) in [6, 6.07) is -0.592. The average molecular weight is 125 g/mol. The van der Waals surface area contributed by atoms with E-state index in [1.165, 1.54) is 6.20 Å². The largest absolute Gasteiger partial charge is 0.846 e. The topological polar surface area (TPSA) is 68.8 Å². The summed E-state index contributed by atoms with van der Waals surface area (Å²) in [5, 5.41) is 10.3. The molecule has 1 aromatic rings. The normalized spacial score (nSPS) is 9.44. The highest BCUT2D eigenvalue weighted by atomic mass is 16.3. The van der Waals surface area contributed by atoms with Gasteiger partial charge in [-0.2, -0.15) is 0 Å². The lowest BCUT2D eigenvalue weighted by atomic mass is 10.4. The number of aromatic amines is 1. The van der Waals surface area contributed by atoms with Crippen molar-refractivity contribution in [3.05, 3.63) is 22.1 Å². The van der Waals surface area contributed by atoms with Crippen molar-refractivity contribution >= 4 is 0 Å². The van der Waals surface area contributed by atoms with Crippen LogP contribution in [-0.2, 0) is 0 Å². The second-order valence-electron chi connectivity index (χ2n) is 1.70. The minimum atomic E-state index is -0.592. The fourth-order valence-corrected chi connectivity index (χ4v) is 0.442. The molecule has 48 valence electrons. The number of nitrogens with zero attached hydrogens (tertiary/aromatic N) is 1. The van der Waals surface area contributed by atoms with Crippen LogP contribution in [0.3, 0.4) is 0 Å². The van der Waals surface area contributed by atoms with Crippen molar-refractivity contribution in [1.29, 1.82) is 0 Å². The molecule has 1 aromatic heterocycles. The summed E-state index contributed by atoms with van der Waals surface area (Å²) < 4.78 is 0. The highest BCUT2D eigenvalue weighted by molar-refractivity contribution is 5.03. The van der Waals surface area contributed by atoms with Crippen LogP contribution in [0.25, 0.3) is 0 Å². The quantitative estimate of drug-likeness (QED) is 0.491. The van der Waals surface area contributed by atoms with E-state index in [4.69, 9.17) is 0 Å². The lowest BCUT2D eigenvalue weighted by Crippen LogP contribution is -2.13. The minimum absolute atomic E-state index is 0.366. The lowest BCUT2D eigenvalue weighted by Gasteiger charge is -2.00. The molecule has 4 heteroatoms. The van der Waals surface area contributed by atoms with Crippen LogP contribution < -0.4 is 10.7 Å². The van der Waals surface area contributed by atoms with Gasteiger partial charge in [0, 0.05) is 11.8 Å². The standard InChI is InChI=1S/C5H6N2O2/c1-3-2-6-5(9)7-4(3)8/h2H,1H3,(H2,6,7,8,9)/p-1. The maximum atomic E-state index is 10.5. The second kappa shape index (κ2) is 1.89. The van der Waals surface area contributed by atoms with Gasteiger partial charge in [0.25, 0.3) is 5.56 Å². The van der Waals surface area contributed by atoms with Gasteiger partial charge in [0.15, 0.2) is 0 Å². The zero-order valence-corrected chi connectivity index (χ0v) is 4.84. The summed E-state index contributed by atoms with van der Waals surface area (Å²) in [5.41, 5.74) is 0.0876. The van der Waals surface area contributed by atoms with Crippen molar-refractivity contribution in [3.8, 4) is 6.01 Å². The van der Waals surface area contributed by atoms with E-state index in [1.807, 2.05) is 4.98 Å². The molecule has 0 spiro atoms. The van der Waals surface area contributed by atoms with E-state index in [9.17, 15) is 9.90 Å². The Morgan fingerprint density at radius 1 is 1.78 bits per heavy atom. The van der Waals surface area contributed by atoms with Gasteiger partial charge in [0.2, 0.25) is 0 Å². The Hall–Kier alpha value is -1.32. The van der Waals surface area contributed by atoms with E-state index in [1.54, 1.807) is 6.92 Å². The van der Waals surface area contributed by atoms with Gasteiger partial charge in [-0.25, -0.2) is 0 Å². The third-order valence-electron chi connectivity index (χ3n) is 0.954. The molecule has 0 bridgehead atoms. The minimum Gasteiger partial charge on any atom is -0.846 e. The molecular weight excluding hydrogens is 120 g/mol. The third kappa shape index (κ3) is 1.07. The fraction of sp³-hybridized carbons (Fsp3) is 0.200. The molecule has 9 heavy (non-hydrogen) atoms. The van der Waals surface area contributed by atoms with Gasteiger partial charge < -0.3 is 10.1 Å². The SMILES string of the molecule is Cc1cnc([O-])[nH]c1=O. The van der Waals surface area contributed by atoms with Crippen LogP contribution in [-0.4, -0.2) is 9.97 Å². The summed E-state index contributed by atoms with van der Waals surface area (Å²) >= 11 is 0. The number of hydrogen-bond acceptors (Lipinski definition) is 3. The Morgan fingerprint density at radius 3 is 2.89 bits per heavy atom. The Kier molecular flexibility index (Phi) is 1.22. The summed E-state index contributed by atoms with van der Waals surface area (Å²) in [7, 11) is 0. The predicted octanol–water partition coefficient (Wildman–Crippen LogP) is -0.848. The van der Waals surface area contributed by atoms with Gasteiger partial charge in [0.1, 0.15) is 0 Å². The van der Waals surface area contributed by atoms with Crippen LogP contribution in [0.15, 0.2) is 11.0 Å². The van der Waals surface area contributed by atoms with Gasteiger partial charge in [-0.05, 0) is 6.92 Å². The van der Waals surface area contributed by atoms with E-state index in [0.717, 1.165) is 0 Å². The van der Waals surface area contributed by atoms with E-state index >= 15 is 0 Å². The molecule has 1 rings (SSSR count). The third-order valence-corrected chi connectivity index (χ3v) is 0.954. The van der Waals surface area contributed by atoms with Gasteiger partial charge in [0.05, 0.1) is 6.01 Å². The molecule has 0 aliphatic rings. The van der Waals surface area contributed by atoms with Crippen molar-refractivity contribution in [2.45, 2.75) is 6.92 Å². The molecule has 1 heterocycles. The molecule has 0 unspecified atom stereocenters. The maximum Gasteiger partial charge on any atom is 0.253 e. The summed E-state index contributed by atoms with van der Waals surface area (Å²) in [6.45, 7) is 1.59. The second-order valence-corrected chi connectivity index (χ2v) is 1.70. The van der Waals surface area contributed by atoms with Gasteiger partial charge in [-0.15, -0.1) is 0 Å². The molecule has 0 aromatic carbocycles. The van der Waals surface area contributed by atoms with Crippen molar-refractivity contribution < 1.29 is 5.11 Å². The first-order valence-electron chi connectivity index (χ1n) is 2.43. The smallest absolute Gasteiger partial charge is 0.253 e. The molecule has 0 saturated heterocycles. The first-order chi connectivity index (χ1) is 4.20. The Balaban J connectivity index is 3.34. The number of aromatic nitrogens is 2. The van der Waals surface area contributed by atoms with E-state index in [-0.39, 0.29) is 5.56 Å². The molecule has 1 N–H and O–H groups in total. The molecule has 0 saturated carbocycles. The molecule has 0 amide bonds. The molecule has 0 aliphatic heterocycles. The number of aryl methyl sites for hydroxylation is 1. The van der Waals surface area contributed by atoms with Crippen molar-refractivity contribution in [3.63, 3.8) is 0 Å². The van der Waals surface area contributed by atoms with Gasteiger partial charge in [-0.3, -0.25) is 9.78 Å². The van der Waals surface area contributed by atoms with Gasteiger partial charge in [-0.1, -0.05) is 0 Å². The van der Waals surface area contributed by atoms with Crippen LogP contribution >= 0.6 is 0 Å². The average Bonchev–Trinajstić information content (AvgIpc) is 1.80. The number of rotatable bonds is 0. The Bertz CT molecular complexity index is 266. The monoisotopic (exact) mass is 125 g/mol. The molecule has 4 nitrogen and oxygen atoms in total. The lowest BCUT2D eigenvalue weighted by molar-refractivity contribution is -0.282. The van der Waals surface area contributed by atoms with Crippen LogP contribution in [0.4, 0.5) is 0 Å². The van der Waals surface area contributed by atoms with E-state index in [0.29, 0.717) is 5.56 Å². The molecule has 0 fully saturated rings. The molecule has 0 radical (unpaired) electrons. The maximum absolute atomic E-state index is 10.5. The summed E-state index contributed by atoms with van der Waals surface area (Å²) in [5.74, 6) is 0. The van der Waals surface area contributed by atoms with E-state index < -0.39 is 6.01 Å². The summed E-state index contributed by atoms with van der Waals surface area (Å²) in [4.78, 5) is 15.9. The van der Waals surface area contributed by atoms with Crippen LogP contribution in [0, 0.1) is 6.92 Å². The van der Waals surface area contributed by atoms with Crippen molar-refractivity contribution in [2.24, 2.45) is 0 Å². The Morgan fingerprint density at radius 2 is 2.44 bits per heavy atom. The molecular formula is C5H5N2O2-. The number of hydrogen-bond donors (Lipinski definition) is 1. The zero-order chi connectivity index (χ0) is 6.85. The number of nitrogens with one attached hydrogen (secondary N) is 1. The van der Waals surface area contributed by atoms with Crippen molar-refractivity contribution in [2.75, 3.05) is 0 Å². The first kappa shape index (κ1) is 5.81. The Labute approximate surface area is 51.2 Å². The highest BCUT2D eigenvalue weighted by Gasteiger charge is 1.87. The van der Waals surface area contributed by atoms with Crippen molar-refractivity contribution in [1.82, 2.24) is 9.97 Å². The van der Waals surface area contributed by atoms with Gasteiger partial charge >= 0.3 is 0 Å². The predicted molar refractivity (Wildman–Crippen MR) is 29.0 cm³/mol. The molecule has 0 aliphatic carbocycles. The van der Waals surface area contributed by atoms with E-state index in [2.05, 4.69) is 4.98 Å². The first-order valence-corrected chi connectivity index (χ1v) is 2.43. The van der Waals surface area contributed by atoms with Crippen LogP contribution in [0.2, 0.25) is 0 Å². The zero-order valence-electron chi connectivity index (χ0n) is 4.84. The van der Waals surface area contributed by atoms with Crippen LogP contribution in [0.5, 0.6) is 6.01 Å².